The number of ether oxygens (including phenoxy) is 2. The van der Waals surface area contributed by atoms with Crippen molar-refractivity contribution in [1.29, 1.82) is 0 Å². The summed E-state index contributed by atoms with van der Waals surface area (Å²) in [4.78, 5) is 0. The van der Waals surface area contributed by atoms with E-state index in [0.717, 1.165) is 28.2 Å². The molecule has 6 aromatic carbocycles. The Morgan fingerprint density at radius 2 is 0.977 bits per heavy atom. The van der Waals surface area contributed by atoms with Crippen LogP contribution in [0.5, 0.6) is 11.5 Å². The molecule has 6 rings (SSSR count). The molecule has 0 N–H and O–H groups in total. The van der Waals surface area contributed by atoms with E-state index in [1.54, 1.807) is 14.2 Å². The fourth-order valence-electron chi connectivity index (χ4n) is 5.38. The van der Waals surface area contributed by atoms with E-state index < -0.39 is 7.92 Å². The molecule has 0 aliphatic heterocycles. The minimum Gasteiger partial charge on any atom is -0.497 e. The van der Waals surface area contributed by atoms with E-state index >= 15 is 0 Å². The molecule has 0 amide bonds. The van der Waals surface area contributed by atoms with E-state index in [0.29, 0.717) is 0 Å². The third kappa shape index (κ3) is 6.31. The summed E-state index contributed by atoms with van der Waals surface area (Å²) in [6.07, 6.45) is 2.26. The van der Waals surface area contributed by atoms with Gasteiger partial charge in [0.1, 0.15) is 11.5 Å². The summed E-state index contributed by atoms with van der Waals surface area (Å²) < 4.78 is 10.9. The molecule has 0 saturated carbocycles. The van der Waals surface area contributed by atoms with E-state index in [9.17, 15) is 0 Å². The SMILES string of the molecule is COc1ccc(/C=C(\c2ccc(OC)cc2)c2ccccc2-c2ccccc2P(c2ccccc2)c2ccccc2)cc1. The number of hydrogen-bond acceptors (Lipinski definition) is 2. The molecule has 0 aromatic heterocycles. The Hall–Kier alpha value is -4.91. The number of methoxy groups -OCH3 is 2. The van der Waals surface area contributed by atoms with Crippen LogP contribution in [0.1, 0.15) is 16.7 Å². The standard InChI is InChI=1S/C40H33O2P/c1-41-32-25-21-30(22-26-32)29-39(31-23-27-33(42-2)28-24-31)37-18-10-9-17-36(37)38-19-11-12-20-40(38)43(34-13-5-3-6-14-34)35-15-7-4-8-16-35/h3-29H,1-2H3/b39-29+. The van der Waals surface area contributed by atoms with Gasteiger partial charge in [0.15, 0.2) is 0 Å². The van der Waals surface area contributed by atoms with Crippen LogP contribution in [0.2, 0.25) is 0 Å². The van der Waals surface area contributed by atoms with Gasteiger partial charge in [-0.3, -0.25) is 0 Å². The van der Waals surface area contributed by atoms with Crippen LogP contribution in [-0.4, -0.2) is 14.2 Å². The molecule has 0 fully saturated rings. The Balaban J connectivity index is 1.56. The van der Waals surface area contributed by atoms with Gasteiger partial charge < -0.3 is 9.47 Å². The summed E-state index contributed by atoms with van der Waals surface area (Å²) in [5.74, 6) is 1.68. The average molecular weight is 577 g/mol. The zero-order valence-electron chi connectivity index (χ0n) is 24.4. The fourth-order valence-corrected chi connectivity index (χ4v) is 7.85. The monoisotopic (exact) mass is 576 g/mol. The van der Waals surface area contributed by atoms with Crippen molar-refractivity contribution in [1.82, 2.24) is 0 Å². The van der Waals surface area contributed by atoms with Gasteiger partial charge in [0.2, 0.25) is 0 Å². The van der Waals surface area contributed by atoms with Gasteiger partial charge in [-0.05, 0) is 87.6 Å². The maximum atomic E-state index is 5.49. The van der Waals surface area contributed by atoms with E-state index in [1.165, 1.54) is 32.6 Å². The first-order chi connectivity index (χ1) is 21.2. The second kappa shape index (κ2) is 13.4. The van der Waals surface area contributed by atoms with Crippen molar-refractivity contribution in [2.45, 2.75) is 0 Å². The minimum atomic E-state index is -0.787. The van der Waals surface area contributed by atoms with Gasteiger partial charge in [-0.1, -0.05) is 133 Å². The van der Waals surface area contributed by atoms with Gasteiger partial charge in [-0.15, -0.1) is 0 Å². The Kier molecular flexibility index (Phi) is 8.78. The predicted octanol–water partition coefficient (Wildman–Crippen LogP) is 8.72. The molecule has 3 heteroatoms. The molecule has 0 unspecified atom stereocenters. The van der Waals surface area contributed by atoms with Crippen LogP contribution < -0.4 is 25.4 Å². The summed E-state index contributed by atoms with van der Waals surface area (Å²) in [6.45, 7) is 0. The summed E-state index contributed by atoms with van der Waals surface area (Å²) in [5, 5.41) is 4.00. The highest BCUT2D eigenvalue weighted by atomic mass is 31.1. The predicted molar refractivity (Wildman–Crippen MR) is 184 cm³/mol. The largest absolute Gasteiger partial charge is 0.497 e. The third-order valence-electron chi connectivity index (χ3n) is 7.51. The van der Waals surface area contributed by atoms with Crippen molar-refractivity contribution in [2.75, 3.05) is 14.2 Å². The quantitative estimate of drug-likeness (QED) is 0.127. The summed E-state index contributed by atoms with van der Waals surface area (Å²) >= 11 is 0. The van der Waals surface area contributed by atoms with E-state index in [1.807, 2.05) is 24.3 Å². The molecule has 43 heavy (non-hydrogen) atoms. The topological polar surface area (TPSA) is 18.5 Å². The molecule has 2 nitrogen and oxygen atoms in total. The normalized spacial score (nSPS) is 11.4. The number of rotatable bonds is 9. The van der Waals surface area contributed by atoms with E-state index in [4.69, 9.17) is 9.47 Å². The Morgan fingerprint density at radius 3 is 1.56 bits per heavy atom. The third-order valence-corrected chi connectivity index (χ3v) is 10.0. The molecule has 6 aromatic rings. The molecule has 0 radical (unpaired) electrons. The first-order valence-corrected chi connectivity index (χ1v) is 15.7. The summed E-state index contributed by atoms with van der Waals surface area (Å²) in [5.41, 5.74) is 6.98. The molecule has 0 saturated heterocycles. The highest BCUT2D eigenvalue weighted by molar-refractivity contribution is 7.80. The van der Waals surface area contributed by atoms with Gasteiger partial charge in [0.05, 0.1) is 14.2 Å². The molecular formula is C40H33O2P. The highest BCUT2D eigenvalue weighted by Gasteiger charge is 2.22. The van der Waals surface area contributed by atoms with Gasteiger partial charge in [-0.25, -0.2) is 0 Å². The lowest BCUT2D eigenvalue weighted by Crippen LogP contribution is -2.22. The van der Waals surface area contributed by atoms with Gasteiger partial charge in [0, 0.05) is 0 Å². The van der Waals surface area contributed by atoms with Crippen molar-refractivity contribution < 1.29 is 9.47 Å². The van der Waals surface area contributed by atoms with E-state index in [-0.39, 0.29) is 0 Å². The maximum absolute atomic E-state index is 5.49. The van der Waals surface area contributed by atoms with Gasteiger partial charge in [0.25, 0.3) is 0 Å². The molecule has 0 aliphatic carbocycles. The van der Waals surface area contributed by atoms with Crippen molar-refractivity contribution in [3.63, 3.8) is 0 Å². The van der Waals surface area contributed by atoms with E-state index in [2.05, 4.69) is 140 Å². The van der Waals surface area contributed by atoms with Crippen molar-refractivity contribution in [3.05, 3.63) is 174 Å². The van der Waals surface area contributed by atoms with Gasteiger partial charge in [-0.2, -0.15) is 0 Å². The van der Waals surface area contributed by atoms with Crippen LogP contribution in [-0.2, 0) is 0 Å². The molecule has 210 valence electrons. The zero-order chi connectivity index (χ0) is 29.4. The molecule has 0 spiro atoms. The number of benzene rings is 6. The second-order valence-electron chi connectivity index (χ2n) is 10.1. The van der Waals surface area contributed by atoms with Crippen molar-refractivity contribution in [3.8, 4) is 22.6 Å². The fraction of sp³-hybridized carbons (Fsp3) is 0.0500. The Labute approximate surface area is 255 Å². The van der Waals surface area contributed by atoms with Crippen LogP contribution in [0.15, 0.2) is 158 Å². The highest BCUT2D eigenvalue weighted by Crippen LogP contribution is 2.40. The maximum Gasteiger partial charge on any atom is 0.118 e. The second-order valence-corrected chi connectivity index (χ2v) is 12.3. The first-order valence-electron chi connectivity index (χ1n) is 14.3. The van der Waals surface area contributed by atoms with Crippen LogP contribution in [0.4, 0.5) is 0 Å². The molecule has 0 atom stereocenters. The molecule has 0 heterocycles. The van der Waals surface area contributed by atoms with Crippen LogP contribution in [0, 0.1) is 0 Å². The van der Waals surface area contributed by atoms with Crippen LogP contribution in [0.3, 0.4) is 0 Å². The average Bonchev–Trinajstić information content (AvgIpc) is 3.09. The minimum absolute atomic E-state index is 0.787. The smallest absolute Gasteiger partial charge is 0.118 e. The van der Waals surface area contributed by atoms with Crippen LogP contribution in [0.25, 0.3) is 22.8 Å². The van der Waals surface area contributed by atoms with Crippen molar-refractivity contribution in [2.24, 2.45) is 0 Å². The lowest BCUT2D eigenvalue weighted by atomic mass is 9.89. The summed E-state index contributed by atoms with van der Waals surface area (Å²) in [7, 11) is 2.61. The molecule has 0 aliphatic rings. The lowest BCUT2D eigenvalue weighted by Gasteiger charge is -2.24. The lowest BCUT2D eigenvalue weighted by molar-refractivity contribution is 0.414. The Bertz CT molecular complexity index is 1770. The summed E-state index contributed by atoms with van der Waals surface area (Å²) in [6, 6.07) is 56.0. The zero-order valence-corrected chi connectivity index (χ0v) is 25.2. The Morgan fingerprint density at radius 1 is 0.488 bits per heavy atom. The van der Waals surface area contributed by atoms with Crippen molar-refractivity contribution >= 4 is 35.5 Å². The first kappa shape index (κ1) is 28.2. The molecule has 0 bridgehead atoms. The molecular weight excluding hydrogens is 543 g/mol. The van der Waals surface area contributed by atoms with Gasteiger partial charge >= 0.3 is 0 Å². The van der Waals surface area contributed by atoms with Crippen LogP contribution >= 0.6 is 7.92 Å². The number of hydrogen-bond donors (Lipinski definition) is 0.